The van der Waals surface area contributed by atoms with Gasteiger partial charge in [0.05, 0.1) is 6.17 Å². The van der Waals surface area contributed by atoms with Gasteiger partial charge in [-0.3, -0.25) is 5.84 Å². The molecule has 0 heterocycles. The van der Waals surface area contributed by atoms with Crippen LogP contribution >= 0.6 is 0 Å². The van der Waals surface area contributed by atoms with E-state index in [1.807, 2.05) is 6.92 Å². The third-order valence-electron chi connectivity index (χ3n) is 1.06. The molecule has 0 aliphatic heterocycles. The van der Waals surface area contributed by atoms with Gasteiger partial charge in [0.25, 0.3) is 0 Å². The van der Waals surface area contributed by atoms with Gasteiger partial charge >= 0.3 is 0 Å². The van der Waals surface area contributed by atoms with Gasteiger partial charge in [-0.1, -0.05) is 0 Å². The maximum Gasteiger partial charge on any atom is 0.0863 e. The Morgan fingerprint density at radius 3 is 2.56 bits per heavy atom. The summed E-state index contributed by atoms with van der Waals surface area (Å²) in [5.74, 6) is 5.03. The van der Waals surface area contributed by atoms with Gasteiger partial charge in [-0.15, -0.1) is 5.59 Å². The Balaban J connectivity index is 3.32. The first kappa shape index (κ1) is 8.76. The summed E-state index contributed by atoms with van der Waals surface area (Å²) in [4.78, 5) is 0. The van der Waals surface area contributed by atoms with Crippen LogP contribution in [-0.4, -0.2) is 23.4 Å². The molecule has 6 N–H and O–H groups in total. The second-order valence-corrected chi connectivity index (χ2v) is 1.67. The van der Waals surface area contributed by atoms with Gasteiger partial charge in [0.2, 0.25) is 0 Å². The number of hydrogen-bond donors (Lipinski definition) is 5. The molecule has 1 atom stereocenters. The smallest absolute Gasteiger partial charge is 0.0863 e. The largest absolute Gasteiger partial charge is 0.302 e. The lowest BCUT2D eigenvalue weighted by Crippen LogP contribution is -2.54. The number of hydrazine groups is 3. The highest BCUT2D eigenvalue weighted by molar-refractivity contribution is 4.47. The lowest BCUT2D eigenvalue weighted by molar-refractivity contribution is 0.0472. The molecule has 0 aliphatic rings. The summed E-state index contributed by atoms with van der Waals surface area (Å²) in [6, 6.07) is 0. The van der Waals surface area contributed by atoms with Crippen molar-refractivity contribution in [2.45, 2.75) is 13.1 Å². The molecule has 0 saturated carbocycles. The number of nitrogens with zero attached hydrogens (tertiary/aromatic N) is 1. The average Bonchev–Trinajstić information content (AvgIpc) is 1.87. The van der Waals surface area contributed by atoms with E-state index in [1.54, 1.807) is 17.6 Å². The molecule has 1 unspecified atom stereocenters. The molecular weight excluding hydrogens is 122 g/mol. The standard InChI is InChI=1S/C3H13N5O/c1-3(5-7-9)8(2)6-4/h3,5-7,9H,4H2,1-2H3. The maximum atomic E-state index is 8.12. The Labute approximate surface area is 53.9 Å². The van der Waals surface area contributed by atoms with Gasteiger partial charge in [-0.05, 0) is 6.92 Å². The van der Waals surface area contributed by atoms with Crippen molar-refractivity contribution in [3.63, 3.8) is 0 Å². The van der Waals surface area contributed by atoms with Gasteiger partial charge < -0.3 is 5.21 Å². The van der Waals surface area contributed by atoms with Gasteiger partial charge in [-0.2, -0.15) is 5.53 Å². The highest BCUT2D eigenvalue weighted by Crippen LogP contribution is 1.79. The van der Waals surface area contributed by atoms with Crippen molar-refractivity contribution in [1.82, 2.24) is 21.6 Å². The summed E-state index contributed by atoms with van der Waals surface area (Å²) < 4.78 is 0. The second-order valence-electron chi connectivity index (χ2n) is 1.67. The van der Waals surface area contributed by atoms with Crippen LogP contribution in [0.1, 0.15) is 6.92 Å². The van der Waals surface area contributed by atoms with E-state index >= 15 is 0 Å². The Morgan fingerprint density at radius 1 is 1.67 bits per heavy atom. The molecule has 0 aromatic carbocycles. The minimum absolute atomic E-state index is 0.0833. The zero-order valence-corrected chi connectivity index (χ0v) is 5.55. The van der Waals surface area contributed by atoms with Crippen LogP contribution < -0.4 is 22.4 Å². The van der Waals surface area contributed by atoms with Crippen LogP contribution in [0.5, 0.6) is 0 Å². The van der Waals surface area contributed by atoms with Gasteiger partial charge in [0.15, 0.2) is 0 Å². The fourth-order valence-corrected chi connectivity index (χ4v) is 0.302. The normalized spacial score (nSPS) is 14.3. The molecular formula is C3H13N5O. The van der Waals surface area contributed by atoms with Crippen molar-refractivity contribution in [3.05, 3.63) is 0 Å². The van der Waals surface area contributed by atoms with Gasteiger partial charge in [0.1, 0.15) is 0 Å². The summed E-state index contributed by atoms with van der Waals surface area (Å²) in [5.41, 5.74) is 6.65. The molecule has 9 heavy (non-hydrogen) atoms. The van der Waals surface area contributed by atoms with E-state index in [9.17, 15) is 0 Å². The van der Waals surface area contributed by atoms with E-state index < -0.39 is 0 Å². The molecule has 6 heteroatoms. The first-order valence-corrected chi connectivity index (χ1v) is 2.56. The van der Waals surface area contributed by atoms with E-state index in [-0.39, 0.29) is 6.17 Å². The van der Waals surface area contributed by atoms with Crippen molar-refractivity contribution in [2.75, 3.05) is 7.05 Å². The minimum Gasteiger partial charge on any atom is -0.302 e. The van der Waals surface area contributed by atoms with Crippen LogP contribution in [0.3, 0.4) is 0 Å². The summed E-state index contributed by atoms with van der Waals surface area (Å²) in [5, 5.41) is 9.70. The first-order valence-electron chi connectivity index (χ1n) is 2.56. The number of hydrogen-bond acceptors (Lipinski definition) is 6. The van der Waals surface area contributed by atoms with Crippen molar-refractivity contribution in [2.24, 2.45) is 5.84 Å². The first-order chi connectivity index (χ1) is 4.22. The topological polar surface area (TPSA) is 85.6 Å². The van der Waals surface area contributed by atoms with Gasteiger partial charge in [0, 0.05) is 7.05 Å². The van der Waals surface area contributed by atoms with E-state index in [4.69, 9.17) is 11.0 Å². The zero-order chi connectivity index (χ0) is 7.28. The van der Waals surface area contributed by atoms with Crippen molar-refractivity contribution < 1.29 is 5.21 Å². The fourth-order valence-electron chi connectivity index (χ4n) is 0.302. The molecule has 56 valence electrons. The predicted molar refractivity (Wildman–Crippen MR) is 32.6 cm³/mol. The van der Waals surface area contributed by atoms with E-state index in [0.717, 1.165) is 0 Å². The molecule has 0 aromatic rings. The lowest BCUT2D eigenvalue weighted by atomic mass is 10.6. The second kappa shape index (κ2) is 4.62. The molecule has 0 radical (unpaired) electrons. The van der Waals surface area contributed by atoms with E-state index in [0.29, 0.717) is 0 Å². The molecule has 0 rings (SSSR count). The Morgan fingerprint density at radius 2 is 2.22 bits per heavy atom. The van der Waals surface area contributed by atoms with Crippen molar-refractivity contribution in [3.8, 4) is 0 Å². The van der Waals surface area contributed by atoms with Crippen LogP contribution in [-0.2, 0) is 0 Å². The molecule has 0 amide bonds. The highest BCUT2D eigenvalue weighted by atomic mass is 16.5. The third kappa shape index (κ3) is 3.36. The summed E-state index contributed by atoms with van der Waals surface area (Å²) >= 11 is 0. The lowest BCUT2D eigenvalue weighted by Gasteiger charge is -2.22. The Hall–Kier alpha value is -0.240. The van der Waals surface area contributed by atoms with Crippen molar-refractivity contribution >= 4 is 0 Å². The predicted octanol–water partition coefficient (Wildman–Crippen LogP) is -1.87. The summed E-state index contributed by atoms with van der Waals surface area (Å²) in [6.07, 6.45) is -0.0833. The minimum atomic E-state index is -0.0833. The average molecular weight is 135 g/mol. The molecule has 0 saturated heterocycles. The molecule has 6 nitrogen and oxygen atoms in total. The SMILES string of the molecule is CC(NNO)N(C)NN. The van der Waals surface area contributed by atoms with Crippen LogP contribution in [0.15, 0.2) is 0 Å². The van der Waals surface area contributed by atoms with Gasteiger partial charge in [-0.25, -0.2) is 10.4 Å². The molecule has 0 aromatic heterocycles. The zero-order valence-electron chi connectivity index (χ0n) is 5.55. The molecule has 0 spiro atoms. The number of nitrogens with two attached hydrogens (primary N) is 1. The monoisotopic (exact) mass is 135 g/mol. The fraction of sp³-hybridized carbons (Fsp3) is 1.00. The highest BCUT2D eigenvalue weighted by Gasteiger charge is 2.03. The Kier molecular flexibility index (Phi) is 4.50. The van der Waals surface area contributed by atoms with Crippen molar-refractivity contribution in [1.29, 1.82) is 0 Å². The van der Waals surface area contributed by atoms with Crippen LogP contribution in [0.2, 0.25) is 0 Å². The quantitative estimate of drug-likeness (QED) is 0.176. The maximum absolute atomic E-state index is 8.12. The Bertz CT molecular complexity index is 69.2. The number of nitrogens with one attached hydrogen (secondary N) is 3. The molecule has 0 fully saturated rings. The van der Waals surface area contributed by atoms with Crippen LogP contribution in [0.25, 0.3) is 0 Å². The molecule has 0 bridgehead atoms. The molecule has 0 aliphatic carbocycles. The summed E-state index contributed by atoms with van der Waals surface area (Å²) in [7, 11) is 1.73. The number of rotatable bonds is 4. The van der Waals surface area contributed by atoms with E-state index in [2.05, 4.69) is 11.0 Å². The summed E-state index contributed by atoms with van der Waals surface area (Å²) in [6.45, 7) is 1.81. The van der Waals surface area contributed by atoms with E-state index in [1.165, 1.54) is 0 Å². The third-order valence-corrected chi connectivity index (χ3v) is 1.06. The van der Waals surface area contributed by atoms with Crippen LogP contribution in [0, 0.1) is 0 Å². The van der Waals surface area contributed by atoms with Crippen LogP contribution in [0.4, 0.5) is 0 Å².